The first-order chi connectivity index (χ1) is 28.6. The van der Waals surface area contributed by atoms with Crippen molar-refractivity contribution in [1.29, 1.82) is 0 Å². The summed E-state index contributed by atoms with van der Waals surface area (Å²) in [6.45, 7) is 2.90. The van der Waals surface area contributed by atoms with Crippen LogP contribution in [0.2, 0.25) is 5.02 Å². The summed E-state index contributed by atoms with van der Waals surface area (Å²) in [7, 11) is -6.77. The third-order valence-corrected chi connectivity index (χ3v) is 9.30. The molecule has 0 fully saturated rings. The number of carbonyl (C=O) groups excluding carboxylic acids is 1. The lowest BCUT2D eigenvalue weighted by Gasteiger charge is -2.14. The number of anilines is 1. The number of nitrogens with one attached hydrogen (secondary N) is 3. The Labute approximate surface area is 362 Å². The van der Waals surface area contributed by atoms with E-state index in [0.29, 0.717) is 10.9 Å². The number of ether oxygens (including phenoxy) is 3. The molecule has 342 valence electrons. The highest BCUT2D eigenvalue weighted by molar-refractivity contribution is 7.94. The van der Waals surface area contributed by atoms with Gasteiger partial charge in [0.25, 0.3) is 10.0 Å². The lowest BCUT2D eigenvalue weighted by molar-refractivity contribution is -0.385. The van der Waals surface area contributed by atoms with Crippen molar-refractivity contribution < 1.29 is 79.7 Å². The van der Waals surface area contributed by atoms with Crippen LogP contribution in [0.5, 0.6) is 23.3 Å². The van der Waals surface area contributed by atoms with Crippen molar-refractivity contribution in [1.82, 2.24) is 25.0 Å². The second kappa shape index (κ2) is 24.9. The van der Waals surface area contributed by atoms with Crippen LogP contribution in [0, 0.1) is 17.0 Å². The Hall–Kier alpha value is -5.35. The minimum Gasteiger partial charge on any atom is -0.778 e. The monoisotopic (exact) mass is 979 g/mol. The minimum absolute atomic E-state index is 0.0111. The number of rotatable bonds is 14. The van der Waals surface area contributed by atoms with Crippen LogP contribution >= 0.6 is 30.5 Å². The number of aliphatic carboxylic acids is 1. The zero-order valence-electron chi connectivity index (χ0n) is 33.0. The number of urea groups is 1. The first-order valence-electron chi connectivity index (χ1n) is 16.4. The summed E-state index contributed by atoms with van der Waals surface area (Å²) in [5.74, 6) is -2.45. The normalized spacial score (nSPS) is 11.8. The molecule has 0 aliphatic rings. The first-order valence-corrected chi connectivity index (χ1v) is 23.4. The number of hydrogen-bond donors (Lipinski definition) is 6. The van der Waals surface area contributed by atoms with Crippen LogP contribution in [0.1, 0.15) is 28.0 Å². The summed E-state index contributed by atoms with van der Waals surface area (Å²) in [5.41, 5.74) is -1.15. The molecule has 2 aromatic carbocycles. The SMILES string of the molecule is CCOc1cc(Oc2ccc(C(F)(F)F)cc2Cl)ccc1[N+](=O)[O-].COc1nc(C)nc(NC(=O)NS(=O)(=O)c2ccsc2C(=O)O)n1.C[S+](C)C.O=C(O)CNCP(=O)([O-])O. The van der Waals surface area contributed by atoms with E-state index in [9.17, 15) is 55.5 Å². The van der Waals surface area contributed by atoms with E-state index in [1.54, 1.807) is 11.6 Å². The number of aromatic carboxylic acids is 1. The number of methoxy groups -OCH3 is 1. The van der Waals surface area contributed by atoms with E-state index in [4.69, 9.17) is 40.9 Å². The van der Waals surface area contributed by atoms with Gasteiger partial charge in [0.1, 0.15) is 34.7 Å². The maximum Gasteiger partial charge on any atom is 0.416 e. The number of amides is 2. The lowest BCUT2D eigenvalue weighted by Crippen LogP contribution is -2.35. The number of hydrogen-bond acceptors (Lipinski definition) is 17. The second-order valence-electron chi connectivity index (χ2n) is 11.6. The number of carbonyl (C=O) groups is 3. The molecule has 1 unspecified atom stereocenters. The second-order valence-corrected chi connectivity index (χ2v) is 18.6. The van der Waals surface area contributed by atoms with E-state index in [0.717, 1.165) is 35.6 Å². The third kappa shape index (κ3) is 20.5. The molecule has 0 bridgehead atoms. The number of sulfonamides is 1. The van der Waals surface area contributed by atoms with Crippen LogP contribution in [0.3, 0.4) is 0 Å². The fraction of sp³-hybridized carbons (Fsp3) is 0.312. The molecule has 62 heavy (non-hydrogen) atoms. The maximum absolute atomic E-state index is 12.6. The predicted molar refractivity (Wildman–Crippen MR) is 218 cm³/mol. The molecule has 22 nitrogen and oxygen atoms in total. The number of halogens is 4. The number of carboxylic acid groups (broad SMARTS) is 2. The van der Waals surface area contributed by atoms with Gasteiger partial charge in [-0.05, 0) is 60.5 Å². The summed E-state index contributed by atoms with van der Waals surface area (Å²) in [6, 6.07) is 6.26. The standard InChI is InChI=1S/C15H11ClF3NO4.C11H11N5O6S2.C3H8NO5P.C3H9S/c1-2-23-14-8-10(4-5-12(14)20(21)22)24-13-6-3-9(7-11(13)16)15(17,18)19;1-5-12-9(15-11(13-5)22-2)14-10(19)16-24(20,21)6-3-4-23-7(6)8(17)18;5-3(6)1-4-2-10(7,8)9;1-4(2)3/h3-8H,2H2,1H3;3-4H,1-2H3,(H,17,18)(H2,12,13,14,15,16,19);4H,1-2H2,(H,5,6)(H2,7,8,9);1-3H3/q;;;+1/p-1. The zero-order valence-corrected chi connectivity index (χ0v) is 37.1. The topological polar surface area (TPSA) is 332 Å². The van der Waals surface area contributed by atoms with E-state index >= 15 is 0 Å². The predicted octanol–water partition coefficient (Wildman–Crippen LogP) is 4.57. The zero-order chi connectivity index (χ0) is 47.6. The van der Waals surface area contributed by atoms with E-state index in [-0.39, 0.29) is 52.3 Å². The van der Waals surface area contributed by atoms with Gasteiger partial charge in [-0.1, -0.05) is 11.6 Å². The van der Waals surface area contributed by atoms with Crippen molar-refractivity contribution in [3.63, 3.8) is 0 Å². The molecule has 0 spiro atoms. The molecule has 6 N–H and O–H groups in total. The van der Waals surface area contributed by atoms with Crippen LogP contribution in [-0.4, -0.2) is 107 Å². The molecule has 30 heteroatoms. The molecular weight excluding hydrogens is 942 g/mol. The molecule has 4 aromatic rings. The summed E-state index contributed by atoms with van der Waals surface area (Å²) >= 11 is 6.53. The molecule has 0 saturated heterocycles. The number of nitrogens with zero attached hydrogens (tertiary/aromatic N) is 4. The molecule has 0 saturated carbocycles. The lowest BCUT2D eigenvalue weighted by atomic mass is 10.2. The van der Waals surface area contributed by atoms with Gasteiger partial charge in [-0.2, -0.15) is 28.1 Å². The first kappa shape index (κ1) is 54.7. The van der Waals surface area contributed by atoms with Crippen molar-refractivity contribution in [2.75, 3.05) is 50.6 Å². The minimum atomic E-state index is -4.52. The number of aromatic nitrogens is 3. The quantitative estimate of drug-likeness (QED) is 0.0436. The fourth-order valence-corrected chi connectivity index (χ4v) is 6.53. The van der Waals surface area contributed by atoms with Crippen molar-refractivity contribution in [2.24, 2.45) is 0 Å². The molecule has 2 aromatic heterocycles. The van der Waals surface area contributed by atoms with Crippen LogP contribution < -0.4 is 34.5 Å². The number of carboxylic acids is 2. The molecule has 0 radical (unpaired) electrons. The van der Waals surface area contributed by atoms with Gasteiger partial charge in [-0.25, -0.2) is 22.7 Å². The number of nitro benzene ring substituents is 1. The van der Waals surface area contributed by atoms with Gasteiger partial charge in [-0.3, -0.25) is 25.5 Å². The van der Waals surface area contributed by atoms with Crippen LogP contribution in [-0.2, 0) is 36.5 Å². The van der Waals surface area contributed by atoms with Gasteiger partial charge in [-0.15, -0.1) is 11.3 Å². The van der Waals surface area contributed by atoms with Crippen molar-refractivity contribution in [3.05, 3.63) is 79.2 Å². The van der Waals surface area contributed by atoms with Gasteiger partial charge < -0.3 is 38.8 Å². The van der Waals surface area contributed by atoms with E-state index < -0.39 is 74.9 Å². The smallest absolute Gasteiger partial charge is 0.416 e. The Kier molecular flexibility index (Phi) is 22.0. The van der Waals surface area contributed by atoms with Gasteiger partial charge in [0.2, 0.25) is 11.7 Å². The number of alkyl halides is 3. The highest BCUT2D eigenvalue weighted by Gasteiger charge is 2.31. The van der Waals surface area contributed by atoms with E-state index in [1.165, 1.54) is 37.6 Å². The Morgan fingerprint density at radius 3 is 2.18 bits per heavy atom. The maximum atomic E-state index is 12.6. The van der Waals surface area contributed by atoms with Crippen molar-refractivity contribution in [3.8, 4) is 23.3 Å². The number of benzene rings is 2. The number of nitro groups is 1. The third-order valence-electron chi connectivity index (χ3n) is 5.98. The fourth-order valence-electron chi connectivity index (χ4n) is 3.74. The van der Waals surface area contributed by atoms with Gasteiger partial charge >= 0.3 is 35.8 Å². The van der Waals surface area contributed by atoms with Crippen molar-refractivity contribution in [2.45, 2.75) is 24.9 Å². The van der Waals surface area contributed by atoms with E-state index in [1.807, 2.05) is 5.32 Å². The molecule has 1 atom stereocenters. The Morgan fingerprint density at radius 2 is 1.68 bits per heavy atom. The van der Waals surface area contributed by atoms with Crippen LogP contribution in [0.4, 0.5) is 29.6 Å². The van der Waals surface area contributed by atoms with Crippen molar-refractivity contribution >= 4 is 81.1 Å². The molecule has 0 aliphatic carbocycles. The Balaban J connectivity index is 0.000000478. The average molecular weight is 980 g/mol. The summed E-state index contributed by atoms with van der Waals surface area (Å²) in [4.78, 5) is 71.3. The van der Waals surface area contributed by atoms with Gasteiger partial charge in [0, 0.05) is 12.1 Å². The molecular formula is C32H38ClF3N7O15PS3. The Morgan fingerprint density at radius 1 is 1.05 bits per heavy atom. The van der Waals surface area contributed by atoms with E-state index in [2.05, 4.69) is 39.0 Å². The number of thiophene rings is 1. The van der Waals surface area contributed by atoms with Crippen LogP contribution in [0.15, 0.2) is 52.7 Å². The summed E-state index contributed by atoms with van der Waals surface area (Å²) in [6.07, 6.45) is 1.36. The molecule has 4 rings (SSSR count). The molecule has 2 heterocycles. The van der Waals surface area contributed by atoms with Gasteiger partial charge in [0.05, 0.1) is 60.8 Å². The largest absolute Gasteiger partial charge is 0.778 e. The number of aryl methyl sites for hydroxylation is 1. The van der Waals surface area contributed by atoms with Crippen LogP contribution in [0.25, 0.3) is 0 Å². The summed E-state index contributed by atoms with van der Waals surface area (Å²) in [5, 5.41) is 33.0. The Bertz CT molecular complexity index is 2340. The van der Waals surface area contributed by atoms with Gasteiger partial charge in [0.15, 0.2) is 0 Å². The molecule has 0 aliphatic heterocycles. The highest BCUT2D eigenvalue weighted by Crippen LogP contribution is 2.38. The molecule has 2 amide bonds. The summed E-state index contributed by atoms with van der Waals surface area (Å²) < 4.78 is 89.0. The highest BCUT2D eigenvalue weighted by atomic mass is 35.5. The average Bonchev–Trinajstić information content (AvgIpc) is 3.64.